The number of carboxylic acid groups (broad SMARTS) is 1. The molecular weight excluding hydrogens is 474 g/mol. The maximum atomic E-state index is 13.1. The molecule has 0 radical (unpaired) electrons. The fraction of sp³-hybridized carbons (Fsp3) is 0.600. The molecule has 5 aliphatic rings. The Morgan fingerprint density at radius 2 is 2.00 bits per heavy atom. The molecule has 11 nitrogen and oxygen atoms in total. The second kappa shape index (κ2) is 7.98. The van der Waals surface area contributed by atoms with Crippen molar-refractivity contribution in [2.45, 2.75) is 79.6 Å². The number of Topliss-reactive ketones (excluding diaryl/α,β-unsaturated/α-hetero) is 1. The Hall–Kier alpha value is -2.54. The molecule has 2 saturated heterocycles. The number of benzene rings is 1. The summed E-state index contributed by atoms with van der Waals surface area (Å²) in [6.07, 6.45) is -6.44. The van der Waals surface area contributed by atoms with Crippen LogP contribution in [0.1, 0.15) is 30.4 Å². The average Bonchev–Trinajstić information content (AvgIpc) is 3.20. The Morgan fingerprint density at radius 3 is 2.72 bits per heavy atom. The standard InChI is InChI=1S/C25H29NO10/c1-2-8-26-9-7-24-15-11-3-4-13(34-23-18(30)16(28)17(29)20(36-23)22(31)32)19(15)35-21(24)12(27)5-6-25(24,33)14(26)10-11/h2-4,14,16-18,20-21,23,28-30,33H,1,5-10H2,(H,31,32)/t14-,16?,17?,18?,20?,21+,23?,24+,25-/m1/s1. The van der Waals surface area contributed by atoms with Gasteiger partial charge in [-0.1, -0.05) is 12.1 Å². The number of hydrogen-bond donors (Lipinski definition) is 5. The quantitative estimate of drug-likeness (QED) is 0.309. The molecule has 2 bridgehead atoms. The Bertz CT molecular complexity index is 1140. The first-order valence-corrected chi connectivity index (χ1v) is 12.2. The molecule has 5 unspecified atom stereocenters. The molecule has 0 amide bonds. The summed E-state index contributed by atoms with van der Waals surface area (Å²) in [4.78, 5) is 26.8. The van der Waals surface area contributed by atoms with Crippen LogP contribution in [-0.4, -0.2) is 104 Å². The summed E-state index contributed by atoms with van der Waals surface area (Å²) < 4.78 is 17.4. The summed E-state index contributed by atoms with van der Waals surface area (Å²) >= 11 is 0. The number of carboxylic acids is 1. The van der Waals surface area contributed by atoms with Gasteiger partial charge < -0.3 is 39.7 Å². The zero-order valence-corrected chi connectivity index (χ0v) is 19.4. The van der Waals surface area contributed by atoms with Crippen LogP contribution < -0.4 is 9.47 Å². The number of aliphatic hydroxyl groups is 4. The van der Waals surface area contributed by atoms with Gasteiger partial charge in [0.2, 0.25) is 6.29 Å². The van der Waals surface area contributed by atoms with Crippen molar-refractivity contribution >= 4 is 11.8 Å². The van der Waals surface area contributed by atoms with Gasteiger partial charge in [-0.25, -0.2) is 4.79 Å². The first kappa shape index (κ1) is 23.8. The van der Waals surface area contributed by atoms with E-state index in [1.165, 1.54) is 0 Å². The van der Waals surface area contributed by atoms with E-state index in [9.17, 15) is 35.1 Å². The summed E-state index contributed by atoms with van der Waals surface area (Å²) in [6, 6.07) is 3.19. The largest absolute Gasteiger partial charge is 0.479 e. The van der Waals surface area contributed by atoms with Gasteiger partial charge in [0.1, 0.15) is 18.3 Å². The highest BCUT2D eigenvalue weighted by molar-refractivity contribution is 5.90. The minimum atomic E-state index is -1.85. The summed E-state index contributed by atoms with van der Waals surface area (Å²) in [6.45, 7) is 5.10. The predicted octanol–water partition coefficient (Wildman–Crippen LogP) is -1.13. The zero-order chi connectivity index (χ0) is 25.6. The van der Waals surface area contributed by atoms with E-state index < -0.39 is 53.8 Å². The number of nitrogens with zero attached hydrogens (tertiary/aromatic N) is 1. The van der Waals surface area contributed by atoms with E-state index in [-0.39, 0.29) is 29.7 Å². The van der Waals surface area contributed by atoms with Gasteiger partial charge in [0.15, 0.2) is 29.5 Å². The molecule has 36 heavy (non-hydrogen) atoms. The highest BCUT2D eigenvalue weighted by Gasteiger charge is 2.73. The first-order valence-electron chi connectivity index (χ1n) is 12.2. The number of aliphatic hydroxyl groups excluding tert-OH is 3. The van der Waals surface area contributed by atoms with Crippen LogP contribution in [0.5, 0.6) is 11.5 Å². The van der Waals surface area contributed by atoms with Crippen molar-refractivity contribution < 1.29 is 49.3 Å². The maximum Gasteiger partial charge on any atom is 0.335 e. The molecular formula is C25H29NO10. The lowest BCUT2D eigenvalue weighted by atomic mass is 9.49. The SMILES string of the molecule is C=CCN1CC[C@]23c4c5ccc(OC6OC(C(=O)O)C(O)C(O)C6O)c4O[C@H]2C(=O)CC[C@@]3(O)[C@H]1C5. The second-order valence-electron chi connectivity index (χ2n) is 10.4. The van der Waals surface area contributed by atoms with Crippen LogP contribution in [0.4, 0.5) is 0 Å². The third-order valence-electron chi connectivity index (χ3n) is 8.77. The molecule has 1 spiro atoms. The molecule has 11 heteroatoms. The van der Waals surface area contributed by atoms with E-state index >= 15 is 0 Å². The highest BCUT2D eigenvalue weighted by Crippen LogP contribution is 2.65. The molecule has 9 atom stereocenters. The van der Waals surface area contributed by atoms with Crippen LogP contribution in [0.15, 0.2) is 24.8 Å². The summed E-state index contributed by atoms with van der Waals surface area (Å²) in [5.41, 5.74) is -0.546. The van der Waals surface area contributed by atoms with Crippen LogP contribution in [0.25, 0.3) is 0 Å². The zero-order valence-electron chi connectivity index (χ0n) is 19.4. The van der Waals surface area contributed by atoms with Gasteiger partial charge in [-0.3, -0.25) is 9.69 Å². The monoisotopic (exact) mass is 503 g/mol. The number of likely N-dealkylation sites (tertiary alicyclic amines) is 1. The molecule has 1 aromatic carbocycles. The van der Waals surface area contributed by atoms with E-state index in [1.807, 2.05) is 6.07 Å². The van der Waals surface area contributed by atoms with E-state index in [1.54, 1.807) is 12.1 Å². The Balaban J connectivity index is 1.43. The second-order valence-corrected chi connectivity index (χ2v) is 10.4. The molecule has 6 rings (SSSR count). The highest BCUT2D eigenvalue weighted by atomic mass is 16.7. The molecule has 2 aliphatic carbocycles. The fourth-order valence-electron chi connectivity index (χ4n) is 7.15. The summed E-state index contributed by atoms with van der Waals surface area (Å²) in [7, 11) is 0. The van der Waals surface area contributed by atoms with Gasteiger partial charge in [0.05, 0.1) is 11.0 Å². The van der Waals surface area contributed by atoms with Crippen LogP contribution in [0.2, 0.25) is 0 Å². The number of carbonyl (C=O) groups is 2. The number of aliphatic carboxylic acids is 1. The Morgan fingerprint density at radius 1 is 1.22 bits per heavy atom. The van der Waals surface area contributed by atoms with Gasteiger partial charge in [-0.2, -0.15) is 0 Å². The lowest BCUT2D eigenvalue weighted by molar-refractivity contribution is -0.271. The van der Waals surface area contributed by atoms with Crippen molar-refractivity contribution in [2.24, 2.45) is 0 Å². The average molecular weight is 504 g/mol. The molecule has 5 N–H and O–H groups in total. The number of ketones is 1. The van der Waals surface area contributed by atoms with Crippen molar-refractivity contribution in [1.82, 2.24) is 4.90 Å². The number of rotatable bonds is 5. The molecule has 0 aromatic heterocycles. The lowest BCUT2D eigenvalue weighted by Crippen LogP contribution is -2.76. The Kier molecular flexibility index (Phi) is 5.28. The van der Waals surface area contributed by atoms with Gasteiger partial charge in [-0.05, 0) is 30.9 Å². The number of carbonyl (C=O) groups excluding carboxylic acids is 1. The third-order valence-corrected chi connectivity index (χ3v) is 8.77. The minimum Gasteiger partial charge on any atom is -0.479 e. The molecule has 1 aromatic rings. The molecule has 3 aliphatic heterocycles. The molecule has 3 fully saturated rings. The van der Waals surface area contributed by atoms with Gasteiger partial charge in [0, 0.05) is 31.1 Å². The van der Waals surface area contributed by atoms with E-state index in [0.29, 0.717) is 37.9 Å². The maximum absolute atomic E-state index is 13.1. The van der Waals surface area contributed by atoms with Crippen LogP contribution in [0.3, 0.4) is 0 Å². The number of ether oxygens (including phenoxy) is 3. The fourth-order valence-corrected chi connectivity index (χ4v) is 7.15. The minimum absolute atomic E-state index is 0.0939. The van der Waals surface area contributed by atoms with Gasteiger partial charge in [0.25, 0.3) is 0 Å². The smallest absolute Gasteiger partial charge is 0.335 e. The summed E-state index contributed by atoms with van der Waals surface area (Å²) in [5.74, 6) is -1.28. The molecule has 1 saturated carbocycles. The van der Waals surface area contributed by atoms with E-state index in [2.05, 4.69) is 11.5 Å². The number of piperidine rings is 1. The normalized spacial score (nSPS) is 42.9. The summed E-state index contributed by atoms with van der Waals surface area (Å²) in [5, 5.41) is 52.1. The Labute approximate surface area is 206 Å². The van der Waals surface area contributed by atoms with Crippen molar-refractivity contribution in [2.75, 3.05) is 13.1 Å². The van der Waals surface area contributed by atoms with E-state index in [4.69, 9.17) is 14.2 Å². The first-order chi connectivity index (χ1) is 17.1. The number of hydrogen-bond acceptors (Lipinski definition) is 10. The molecule has 194 valence electrons. The van der Waals surface area contributed by atoms with Crippen molar-refractivity contribution in [1.29, 1.82) is 0 Å². The third kappa shape index (κ3) is 2.89. The van der Waals surface area contributed by atoms with Gasteiger partial charge >= 0.3 is 5.97 Å². The van der Waals surface area contributed by atoms with Crippen LogP contribution in [-0.2, 0) is 26.2 Å². The topological polar surface area (TPSA) is 166 Å². The van der Waals surface area contributed by atoms with Gasteiger partial charge in [-0.15, -0.1) is 6.58 Å². The molecule has 3 heterocycles. The van der Waals surface area contributed by atoms with E-state index in [0.717, 1.165) is 5.56 Å². The van der Waals surface area contributed by atoms with Crippen molar-refractivity contribution in [3.63, 3.8) is 0 Å². The lowest BCUT2D eigenvalue weighted by Gasteiger charge is -2.62. The van der Waals surface area contributed by atoms with Crippen molar-refractivity contribution in [3.8, 4) is 11.5 Å². The van der Waals surface area contributed by atoms with Crippen molar-refractivity contribution in [3.05, 3.63) is 35.9 Å². The predicted molar refractivity (Wildman–Crippen MR) is 121 cm³/mol. The van der Waals surface area contributed by atoms with Crippen LogP contribution in [0, 0.1) is 0 Å². The van der Waals surface area contributed by atoms with Crippen LogP contribution >= 0.6 is 0 Å².